The molecule has 8 nitrogen and oxygen atoms in total. The van der Waals surface area contributed by atoms with Crippen LogP contribution in [0.2, 0.25) is 0 Å². The van der Waals surface area contributed by atoms with Crippen LogP contribution in [0.4, 0.5) is 0 Å². The normalized spacial score (nSPS) is 15.9. The van der Waals surface area contributed by atoms with Crippen molar-refractivity contribution >= 4 is 42.6 Å². The molecular formula is C25H18N2O6S3. The van der Waals surface area contributed by atoms with Crippen molar-refractivity contribution in [1.29, 1.82) is 5.26 Å². The van der Waals surface area contributed by atoms with E-state index in [1.165, 1.54) is 24.3 Å². The van der Waals surface area contributed by atoms with E-state index in [1.54, 1.807) is 36.4 Å². The Labute approximate surface area is 213 Å². The van der Waals surface area contributed by atoms with Gasteiger partial charge in [-0.25, -0.2) is 0 Å². The minimum Gasteiger partial charge on any atom is -0.379 e. The zero-order valence-electron chi connectivity index (χ0n) is 18.7. The molecule has 0 N–H and O–H groups in total. The quantitative estimate of drug-likeness (QED) is 0.233. The molecule has 1 aliphatic heterocycles. The summed E-state index contributed by atoms with van der Waals surface area (Å²) in [6, 6.07) is 22.1. The van der Waals surface area contributed by atoms with Gasteiger partial charge in [0.1, 0.15) is 26.7 Å². The predicted molar refractivity (Wildman–Crippen MR) is 137 cm³/mol. The van der Waals surface area contributed by atoms with Gasteiger partial charge in [0, 0.05) is 4.91 Å². The summed E-state index contributed by atoms with van der Waals surface area (Å²) in [6.07, 6.45) is 3.20. The zero-order chi connectivity index (χ0) is 25.8. The highest BCUT2D eigenvalue weighted by atomic mass is 32.2. The molecule has 1 aliphatic rings. The Morgan fingerprint density at radius 2 is 1.44 bits per heavy atom. The van der Waals surface area contributed by atoms with E-state index in [-0.39, 0.29) is 20.6 Å². The lowest BCUT2D eigenvalue weighted by atomic mass is 10.1. The monoisotopic (exact) mass is 538 g/mol. The van der Waals surface area contributed by atoms with Gasteiger partial charge in [-0.3, -0.25) is 4.28 Å². The zero-order valence-corrected chi connectivity index (χ0v) is 21.2. The van der Waals surface area contributed by atoms with E-state index < -0.39 is 20.2 Å². The van der Waals surface area contributed by atoms with Gasteiger partial charge in [-0.2, -0.15) is 22.1 Å². The molecule has 0 atom stereocenters. The van der Waals surface area contributed by atoms with E-state index in [0.717, 1.165) is 35.0 Å². The highest BCUT2D eigenvalue weighted by molar-refractivity contribution is 8.18. The van der Waals surface area contributed by atoms with Crippen LogP contribution >= 0.6 is 11.8 Å². The van der Waals surface area contributed by atoms with E-state index >= 15 is 0 Å². The third-order valence-corrected chi connectivity index (χ3v) is 8.23. The number of benzene rings is 3. The molecule has 0 bridgehead atoms. The van der Waals surface area contributed by atoms with Crippen molar-refractivity contribution in [2.45, 2.75) is 16.7 Å². The van der Waals surface area contributed by atoms with E-state index in [0.29, 0.717) is 10.5 Å². The Bertz CT molecular complexity index is 1620. The van der Waals surface area contributed by atoms with Crippen molar-refractivity contribution in [3.8, 4) is 11.8 Å². The number of hydrogen-bond acceptors (Lipinski definition) is 9. The van der Waals surface area contributed by atoms with Crippen LogP contribution in [0.3, 0.4) is 0 Å². The molecule has 0 aromatic heterocycles. The molecule has 3 aromatic rings. The van der Waals surface area contributed by atoms with E-state index in [4.69, 9.17) is 8.47 Å². The standard InChI is InChI=1S/C25H18N2O6S3/c1-18-7-11-21(12-8-18)35(28,29)32-20-9-13-22(14-10-20)36(30,31)33-27-25-16-15-24(34-25)23(17-26)19-5-3-2-4-6-19/h2-16H,1H3. The summed E-state index contributed by atoms with van der Waals surface area (Å²) in [7, 11) is -8.36. The molecule has 3 aromatic carbocycles. The summed E-state index contributed by atoms with van der Waals surface area (Å²) in [4.78, 5) is 0.350. The lowest BCUT2D eigenvalue weighted by Crippen LogP contribution is -2.10. The van der Waals surface area contributed by atoms with Gasteiger partial charge in [0.05, 0.1) is 5.57 Å². The predicted octanol–water partition coefficient (Wildman–Crippen LogP) is 5.02. The molecule has 4 rings (SSSR count). The van der Waals surface area contributed by atoms with Crippen LogP contribution in [0.25, 0.3) is 5.57 Å². The van der Waals surface area contributed by atoms with Crippen molar-refractivity contribution in [2.75, 3.05) is 0 Å². The van der Waals surface area contributed by atoms with E-state index in [9.17, 15) is 22.1 Å². The molecule has 0 radical (unpaired) electrons. The molecule has 0 spiro atoms. The lowest BCUT2D eigenvalue weighted by Gasteiger charge is -2.08. The van der Waals surface area contributed by atoms with Crippen molar-refractivity contribution in [1.82, 2.24) is 0 Å². The smallest absolute Gasteiger partial charge is 0.358 e. The van der Waals surface area contributed by atoms with Crippen LogP contribution in [0.15, 0.2) is 111 Å². The summed E-state index contributed by atoms with van der Waals surface area (Å²) in [5.41, 5.74) is 2.06. The van der Waals surface area contributed by atoms with Gasteiger partial charge < -0.3 is 4.18 Å². The topological polar surface area (TPSA) is 123 Å². The first-order chi connectivity index (χ1) is 17.2. The largest absolute Gasteiger partial charge is 0.379 e. The van der Waals surface area contributed by atoms with Crippen molar-refractivity contribution in [3.05, 3.63) is 107 Å². The third kappa shape index (κ3) is 5.85. The molecule has 0 aliphatic carbocycles. The van der Waals surface area contributed by atoms with Crippen molar-refractivity contribution in [3.63, 3.8) is 0 Å². The molecule has 0 amide bonds. The minimum atomic E-state index is -4.28. The van der Waals surface area contributed by atoms with E-state index in [1.807, 2.05) is 25.1 Å². The summed E-state index contributed by atoms with van der Waals surface area (Å²) in [5, 5.41) is 13.5. The number of aryl methyl sites for hydroxylation is 1. The van der Waals surface area contributed by atoms with Crippen LogP contribution in [0, 0.1) is 18.3 Å². The van der Waals surface area contributed by atoms with Gasteiger partial charge in [0.25, 0.3) is 0 Å². The van der Waals surface area contributed by atoms with Gasteiger partial charge in [0.2, 0.25) is 0 Å². The minimum absolute atomic E-state index is 0.0219. The maximum atomic E-state index is 12.5. The van der Waals surface area contributed by atoms with Crippen LogP contribution in [-0.2, 0) is 24.5 Å². The number of thioether (sulfide) groups is 1. The molecule has 0 saturated carbocycles. The number of nitriles is 1. The fourth-order valence-electron chi connectivity index (χ4n) is 3.05. The summed E-state index contributed by atoms with van der Waals surface area (Å²) in [5.74, 6) is -0.0603. The molecule has 182 valence electrons. The molecule has 11 heteroatoms. The fraction of sp³-hybridized carbons (Fsp3) is 0.0400. The maximum absolute atomic E-state index is 12.5. The number of rotatable bonds is 7. The maximum Gasteiger partial charge on any atom is 0.358 e. The van der Waals surface area contributed by atoms with Gasteiger partial charge in [0.15, 0.2) is 0 Å². The Balaban J connectivity index is 1.45. The molecule has 1 heterocycles. The van der Waals surface area contributed by atoms with Crippen molar-refractivity contribution in [2.24, 2.45) is 5.16 Å². The second-order valence-corrected chi connectivity index (χ2v) is 11.6. The first-order valence-electron chi connectivity index (χ1n) is 10.4. The number of nitrogens with zero attached hydrogens (tertiary/aromatic N) is 2. The van der Waals surface area contributed by atoms with Crippen LogP contribution < -0.4 is 4.18 Å². The average Bonchev–Trinajstić information content (AvgIpc) is 3.33. The second kappa shape index (κ2) is 10.4. The van der Waals surface area contributed by atoms with Crippen LogP contribution in [0.1, 0.15) is 11.1 Å². The molecule has 36 heavy (non-hydrogen) atoms. The molecular weight excluding hydrogens is 520 g/mol. The summed E-state index contributed by atoms with van der Waals surface area (Å²) in [6.45, 7) is 1.83. The SMILES string of the molecule is Cc1ccc(S(=O)(=O)Oc2ccc(S(=O)(=O)ON=C3C=CC(=C(C#N)c4ccccc4)S3)cc2)cc1. The van der Waals surface area contributed by atoms with Gasteiger partial charge in [-0.15, -0.1) is 0 Å². The summed E-state index contributed by atoms with van der Waals surface area (Å²) >= 11 is 1.10. The molecule has 0 saturated heterocycles. The Kier molecular flexibility index (Phi) is 7.30. The number of hydrogen-bond donors (Lipinski definition) is 0. The van der Waals surface area contributed by atoms with Gasteiger partial charge in [-0.05, 0) is 61.0 Å². The molecule has 0 unspecified atom stereocenters. The fourth-order valence-corrected chi connectivity index (χ4v) is 5.60. The van der Waals surface area contributed by atoms with Crippen LogP contribution in [-0.4, -0.2) is 21.9 Å². The van der Waals surface area contributed by atoms with E-state index in [2.05, 4.69) is 11.2 Å². The summed E-state index contributed by atoms with van der Waals surface area (Å²) < 4.78 is 59.8. The Hall–Kier alpha value is -3.85. The first kappa shape index (κ1) is 25.2. The first-order valence-corrected chi connectivity index (χ1v) is 14.0. The lowest BCUT2D eigenvalue weighted by molar-refractivity contribution is 0.340. The number of oxime groups is 1. The highest BCUT2D eigenvalue weighted by Gasteiger charge is 2.21. The van der Waals surface area contributed by atoms with Gasteiger partial charge in [-0.1, -0.05) is 64.9 Å². The Morgan fingerprint density at radius 1 is 0.833 bits per heavy atom. The third-order valence-electron chi connectivity index (χ3n) is 4.87. The second-order valence-electron chi connectivity index (χ2n) is 7.43. The number of allylic oxidation sites excluding steroid dienone is 2. The average molecular weight is 539 g/mol. The highest BCUT2D eigenvalue weighted by Crippen LogP contribution is 2.34. The van der Waals surface area contributed by atoms with Gasteiger partial charge >= 0.3 is 20.2 Å². The van der Waals surface area contributed by atoms with Crippen LogP contribution in [0.5, 0.6) is 5.75 Å². The molecule has 0 fully saturated rings. The Morgan fingerprint density at radius 3 is 2.08 bits per heavy atom. The van der Waals surface area contributed by atoms with Crippen molar-refractivity contribution < 1.29 is 25.3 Å².